The second kappa shape index (κ2) is 8.87. The maximum Gasteiger partial charge on any atom is 0.233 e. The first kappa shape index (κ1) is 15.9. The van der Waals surface area contributed by atoms with Crippen LogP contribution in [0.25, 0.3) is 0 Å². The standard InChI is InChI=1S/C11H22N6OS/c1-4-6-13-10(18)9(3)19-11-14-15-16-17(11)8-7-12-5-2/h9,12H,4-8H2,1-3H3,(H,13,18). The first-order valence-electron chi connectivity index (χ1n) is 6.60. The van der Waals surface area contributed by atoms with Crippen molar-refractivity contribution in [1.82, 2.24) is 30.8 Å². The molecular formula is C11H22N6OS. The van der Waals surface area contributed by atoms with E-state index in [0.717, 1.165) is 19.5 Å². The topological polar surface area (TPSA) is 84.7 Å². The minimum atomic E-state index is -0.199. The van der Waals surface area contributed by atoms with E-state index in [9.17, 15) is 4.79 Å². The molecule has 1 unspecified atom stereocenters. The quantitative estimate of drug-likeness (QED) is 0.501. The van der Waals surface area contributed by atoms with Crippen LogP contribution in [0.2, 0.25) is 0 Å². The molecule has 1 amide bonds. The van der Waals surface area contributed by atoms with Crippen LogP contribution >= 0.6 is 11.8 Å². The largest absolute Gasteiger partial charge is 0.355 e. The van der Waals surface area contributed by atoms with Gasteiger partial charge >= 0.3 is 0 Å². The van der Waals surface area contributed by atoms with Gasteiger partial charge in [-0.15, -0.1) is 5.10 Å². The summed E-state index contributed by atoms with van der Waals surface area (Å²) >= 11 is 1.38. The van der Waals surface area contributed by atoms with E-state index >= 15 is 0 Å². The molecule has 0 aliphatic heterocycles. The fourth-order valence-electron chi connectivity index (χ4n) is 1.39. The van der Waals surface area contributed by atoms with Crippen LogP contribution in [0, 0.1) is 0 Å². The fraction of sp³-hybridized carbons (Fsp3) is 0.818. The molecule has 1 atom stereocenters. The first-order chi connectivity index (χ1) is 9.19. The molecule has 1 aromatic rings. The van der Waals surface area contributed by atoms with Crippen molar-refractivity contribution in [3.63, 3.8) is 0 Å². The Labute approximate surface area is 117 Å². The molecule has 0 radical (unpaired) electrons. The number of hydrogen-bond donors (Lipinski definition) is 2. The summed E-state index contributed by atoms with van der Waals surface area (Å²) in [6.45, 7) is 9.07. The van der Waals surface area contributed by atoms with Crippen molar-refractivity contribution in [2.24, 2.45) is 0 Å². The number of likely N-dealkylation sites (N-methyl/N-ethyl adjacent to an activating group) is 1. The molecule has 7 nitrogen and oxygen atoms in total. The summed E-state index contributed by atoms with van der Waals surface area (Å²) in [5.41, 5.74) is 0. The van der Waals surface area contributed by atoms with Crippen molar-refractivity contribution < 1.29 is 4.79 Å². The molecule has 0 fully saturated rings. The van der Waals surface area contributed by atoms with Gasteiger partial charge in [-0.25, -0.2) is 4.68 Å². The molecule has 0 aliphatic rings. The van der Waals surface area contributed by atoms with Gasteiger partial charge in [0, 0.05) is 13.1 Å². The third kappa shape index (κ3) is 5.56. The summed E-state index contributed by atoms with van der Waals surface area (Å²) in [7, 11) is 0. The van der Waals surface area contributed by atoms with Crippen LogP contribution in [0.1, 0.15) is 27.2 Å². The third-order valence-electron chi connectivity index (χ3n) is 2.45. The molecule has 2 N–H and O–H groups in total. The van der Waals surface area contributed by atoms with Gasteiger partial charge in [0.05, 0.1) is 11.8 Å². The Bertz CT molecular complexity index is 383. The van der Waals surface area contributed by atoms with Gasteiger partial charge in [-0.3, -0.25) is 4.79 Å². The summed E-state index contributed by atoms with van der Waals surface area (Å²) in [5.74, 6) is 0.0214. The first-order valence-corrected chi connectivity index (χ1v) is 7.48. The van der Waals surface area contributed by atoms with Crippen molar-refractivity contribution in [1.29, 1.82) is 0 Å². The van der Waals surface area contributed by atoms with Crippen LogP contribution in [-0.2, 0) is 11.3 Å². The van der Waals surface area contributed by atoms with E-state index in [-0.39, 0.29) is 11.2 Å². The highest BCUT2D eigenvalue weighted by Crippen LogP contribution is 2.19. The average molecular weight is 286 g/mol. The van der Waals surface area contributed by atoms with E-state index < -0.39 is 0 Å². The van der Waals surface area contributed by atoms with E-state index in [1.807, 2.05) is 13.8 Å². The third-order valence-corrected chi connectivity index (χ3v) is 3.52. The zero-order chi connectivity index (χ0) is 14.1. The van der Waals surface area contributed by atoms with E-state index in [2.05, 4.69) is 33.1 Å². The Morgan fingerprint density at radius 3 is 2.89 bits per heavy atom. The van der Waals surface area contributed by atoms with E-state index in [0.29, 0.717) is 18.2 Å². The number of carbonyl (C=O) groups excluding carboxylic acids is 1. The minimum Gasteiger partial charge on any atom is -0.355 e. The van der Waals surface area contributed by atoms with Crippen molar-refractivity contribution in [3.05, 3.63) is 0 Å². The van der Waals surface area contributed by atoms with Crippen molar-refractivity contribution in [2.45, 2.75) is 44.1 Å². The van der Waals surface area contributed by atoms with E-state index in [1.54, 1.807) is 4.68 Å². The number of rotatable bonds is 9. The molecule has 1 rings (SSSR count). The van der Waals surface area contributed by atoms with Crippen molar-refractivity contribution >= 4 is 17.7 Å². The second-order valence-electron chi connectivity index (χ2n) is 4.09. The number of aromatic nitrogens is 4. The zero-order valence-electron chi connectivity index (χ0n) is 11.7. The van der Waals surface area contributed by atoms with Gasteiger partial charge in [0.1, 0.15) is 0 Å². The highest BCUT2D eigenvalue weighted by molar-refractivity contribution is 8.00. The molecule has 0 spiro atoms. The number of hydrogen-bond acceptors (Lipinski definition) is 6. The summed E-state index contributed by atoms with van der Waals surface area (Å²) in [6, 6.07) is 0. The van der Waals surface area contributed by atoms with Gasteiger partial charge in [-0.05, 0) is 30.3 Å². The molecule has 0 aromatic carbocycles. The van der Waals surface area contributed by atoms with Gasteiger partial charge in [-0.2, -0.15) is 0 Å². The lowest BCUT2D eigenvalue weighted by atomic mass is 10.4. The lowest BCUT2D eigenvalue weighted by Gasteiger charge is -2.11. The zero-order valence-corrected chi connectivity index (χ0v) is 12.5. The van der Waals surface area contributed by atoms with Gasteiger partial charge in [0.2, 0.25) is 11.1 Å². The Hall–Kier alpha value is -1.15. The van der Waals surface area contributed by atoms with Gasteiger partial charge in [-0.1, -0.05) is 25.6 Å². The van der Waals surface area contributed by atoms with Crippen LogP contribution in [0.5, 0.6) is 0 Å². The summed E-state index contributed by atoms with van der Waals surface area (Å²) in [4.78, 5) is 11.8. The Morgan fingerprint density at radius 1 is 1.42 bits per heavy atom. The van der Waals surface area contributed by atoms with Crippen LogP contribution < -0.4 is 10.6 Å². The SMILES string of the molecule is CCCNC(=O)C(C)Sc1nnnn1CCNCC. The van der Waals surface area contributed by atoms with Crippen LogP contribution in [0.3, 0.4) is 0 Å². The second-order valence-corrected chi connectivity index (χ2v) is 5.40. The van der Waals surface area contributed by atoms with Crippen molar-refractivity contribution in [3.8, 4) is 0 Å². The average Bonchev–Trinajstić information content (AvgIpc) is 2.83. The number of thioether (sulfide) groups is 1. The molecule has 0 saturated carbocycles. The maximum atomic E-state index is 11.8. The monoisotopic (exact) mass is 286 g/mol. The molecule has 0 bridgehead atoms. The summed E-state index contributed by atoms with van der Waals surface area (Å²) < 4.78 is 1.72. The normalized spacial score (nSPS) is 12.4. The summed E-state index contributed by atoms with van der Waals surface area (Å²) in [5, 5.41) is 18.1. The number of amides is 1. The van der Waals surface area contributed by atoms with E-state index in [4.69, 9.17) is 0 Å². The van der Waals surface area contributed by atoms with Crippen LogP contribution in [0.4, 0.5) is 0 Å². The van der Waals surface area contributed by atoms with Gasteiger partial charge < -0.3 is 10.6 Å². The number of nitrogens with zero attached hydrogens (tertiary/aromatic N) is 4. The van der Waals surface area contributed by atoms with Crippen LogP contribution in [-0.4, -0.2) is 51.0 Å². The fourth-order valence-corrected chi connectivity index (χ4v) is 2.23. The Morgan fingerprint density at radius 2 is 2.21 bits per heavy atom. The molecule has 0 aliphatic carbocycles. The molecule has 8 heteroatoms. The Kier molecular flexibility index (Phi) is 7.42. The van der Waals surface area contributed by atoms with Gasteiger partial charge in [0.25, 0.3) is 0 Å². The molecule has 1 aromatic heterocycles. The number of tetrazole rings is 1. The molecule has 108 valence electrons. The van der Waals surface area contributed by atoms with E-state index in [1.165, 1.54) is 11.8 Å². The van der Waals surface area contributed by atoms with Gasteiger partial charge in [0.15, 0.2) is 0 Å². The maximum absolute atomic E-state index is 11.8. The highest BCUT2D eigenvalue weighted by Gasteiger charge is 2.17. The predicted octanol–water partition coefficient (Wildman–Crippen LogP) is 0.289. The highest BCUT2D eigenvalue weighted by atomic mass is 32.2. The lowest BCUT2D eigenvalue weighted by Crippen LogP contribution is -2.31. The number of nitrogens with one attached hydrogen (secondary N) is 2. The molecule has 19 heavy (non-hydrogen) atoms. The smallest absolute Gasteiger partial charge is 0.233 e. The van der Waals surface area contributed by atoms with Crippen molar-refractivity contribution in [2.75, 3.05) is 19.6 Å². The minimum absolute atomic E-state index is 0.0214. The predicted molar refractivity (Wildman–Crippen MR) is 75.0 cm³/mol. The number of carbonyl (C=O) groups is 1. The molecule has 1 heterocycles. The lowest BCUT2D eigenvalue weighted by molar-refractivity contribution is -0.120. The molecular weight excluding hydrogens is 264 g/mol. The summed E-state index contributed by atoms with van der Waals surface area (Å²) in [6.07, 6.45) is 0.934. The molecule has 0 saturated heterocycles. The van der Waals surface area contributed by atoms with Crippen LogP contribution in [0.15, 0.2) is 5.16 Å². The Balaban J connectivity index is 2.47.